The lowest BCUT2D eigenvalue weighted by Crippen LogP contribution is -2.33. The Balaban J connectivity index is 1.30. The number of carbonyl (C=O) groups excluding carboxylic acids is 1. The lowest BCUT2D eigenvalue weighted by atomic mass is 9.80. The molecule has 4 nitrogen and oxygen atoms in total. The first-order valence-corrected chi connectivity index (χ1v) is 15.9. The minimum atomic E-state index is -0.118. The number of pyridine rings is 1. The van der Waals surface area contributed by atoms with E-state index in [4.69, 9.17) is 11.6 Å². The van der Waals surface area contributed by atoms with Crippen molar-refractivity contribution in [3.63, 3.8) is 0 Å². The van der Waals surface area contributed by atoms with Crippen LogP contribution >= 0.6 is 11.6 Å². The number of aromatic nitrogens is 1. The summed E-state index contributed by atoms with van der Waals surface area (Å²) in [5, 5.41) is 7.73. The molecule has 0 radical (unpaired) electrons. The number of nitrogens with one attached hydrogen (secondary N) is 2. The topological polar surface area (TPSA) is 54.0 Å². The Kier molecular flexibility index (Phi) is 10.2. The molecule has 5 rings (SSSR count). The van der Waals surface area contributed by atoms with Gasteiger partial charge in [0.15, 0.2) is 0 Å². The van der Waals surface area contributed by atoms with Crippen molar-refractivity contribution >= 4 is 23.1 Å². The molecule has 1 saturated carbocycles. The number of nitrogens with zero attached hydrogens (tertiary/aromatic N) is 1. The molecule has 2 aliphatic carbocycles. The Bertz CT molecular complexity index is 1340. The quantitative estimate of drug-likeness (QED) is 0.253. The smallest absolute Gasteiger partial charge is 0.228 e. The summed E-state index contributed by atoms with van der Waals surface area (Å²) in [6.07, 6.45) is 13.9. The number of hydrogen-bond acceptors (Lipinski definition) is 3. The van der Waals surface area contributed by atoms with Crippen LogP contribution in [0.3, 0.4) is 0 Å². The minimum absolute atomic E-state index is 0.118. The second kappa shape index (κ2) is 14.2. The van der Waals surface area contributed by atoms with Crippen molar-refractivity contribution in [2.45, 2.75) is 97.1 Å². The van der Waals surface area contributed by atoms with Crippen LogP contribution < -0.4 is 10.6 Å². The Morgan fingerprint density at radius 3 is 2.24 bits per heavy atom. The summed E-state index contributed by atoms with van der Waals surface area (Å²) in [5.74, 6) is 0.400. The van der Waals surface area contributed by atoms with E-state index < -0.39 is 0 Å². The van der Waals surface area contributed by atoms with Gasteiger partial charge in [0, 0.05) is 41.3 Å². The van der Waals surface area contributed by atoms with Gasteiger partial charge in [-0.1, -0.05) is 73.7 Å². The average Bonchev–Trinajstić information content (AvgIpc) is 3.26. The van der Waals surface area contributed by atoms with E-state index >= 15 is 0 Å². The van der Waals surface area contributed by atoms with Gasteiger partial charge in [0.05, 0.1) is 5.92 Å². The molecule has 1 aromatic heterocycles. The summed E-state index contributed by atoms with van der Waals surface area (Å²) in [5.41, 5.74) is 9.87. The van der Waals surface area contributed by atoms with Crippen LogP contribution in [0.15, 0.2) is 66.5 Å². The predicted octanol–water partition coefficient (Wildman–Crippen LogP) is 8.80. The van der Waals surface area contributed by atoms with Gasteiger partial charge >= 0.3 is 0 Å². The Hall–Kier alpha value is -3.11. The fraction of sp³-hybridized carbons (Fsp3) is 0.444. The van der Waals surface area contributed by atoms with E-state index in [-0.39, 0.29) is 11.8 Å². The average molecular weight is 570 g/mol. The summed E-state index contributed by atoms with van der Waals surface area (Å²) in [6, 6.07) is 18.7. The lowest BCUT2D eigenvalue weighted by Gasteiger charge is -2.26. The van der Waals surface area contributed by atoms with E-state index in [1.54, 1.807) is 0 Å². The van der Waals surface area contributed by atoms with Crippen molar-refractivity contribution in [1.29, 1.82) is 0 Å². The predicted molar refractivity (Wildman–Crippen MR) is 170 cm³/mol. The highest BCUT2D eigenvalue weighted by atomic mass is 35.5. The van der Waals surface area contributed by atoms with E-state index in [1.165, 1.54) is 66.5 Å². The number of rotatable bonds is 9. The Morgan fingerprint density at radius 2 is 1.54 bits per heavy atom. The molecule has 1 heterocycles. The van der Waals surface area contributed by atoms with Gasteiger partial charge in [0.2, 0.25) is 5.91 Å². The highest BCUT2D eigenvalue weighted by molar-refractivity contribution is 6.30. The Labute approximate surface area is 251 Å². The van der Waals surface area contributed by atoms with E-state index in [1.807, 2.05) is 30.5 Å². The van der Waals surface area contributed by atoms with Gasteiger partial charge in [-0.25, -0.2) is 0 Å². The molecule has 0 spiro atoms. The van der Waals surface area contributed by atoms with Crippen LogP contribution in [0.2, 0.25) is 5.02 Å². The molecule has 1 fully saturated rings. The summed E-state index contributed by atoms with van der Waals surface area (Å²) in [7, 11) is 0. The molecule has 5 heteroatoms. The van der Waals surface area contributed by atoms with Crippen molar-refractivity contribution in [2.75, 3.05) is 0 Å². The van der Waals surface area contributed by atoms with E-state index in [2.05, 4.69) is 59.8 Å². The lowest BCUT2D eigenvalue weighted by molar-refractivity contribution is -0.124. The molecule has 2 N–H and O–H groups in total. The molecule has 2 aliphatic rings. The zero-order valence-electron chi connectivity index (χ0n) is 24.6. The van der Waals surface area contributed by atoms with Gasteiger partial charge in [-0.3, -0.25) is 9.78 Å². The number of aryl methyl sites for hydroxylation is 2. The molecular formula is C36H44ClN3O. The summed E-state index contributed by atoms with van der Waals surface area (Å²) in [4.78, 5) is 18.3. The van der Waals surface area contributed by atoms with Gasteiger partial charge in [-0.15, -0.1) is 0 Å². The molecule has 1 amide bonds. The number of allylic oxidation sites excluding steroid dienone is 2. The SMILES string of the molecule is Cc1cc(C)c(C2=C(NCc3ccc(C(C(=O)NCc4ccc(Cl)cc4)C4CCCCCC4)cc3)CCCC2)cn1. The number of halogens is 1. The maximum absolute atomic E-state index is 13.7. The van der Waals surface area contributed by atoms with Crippen LogP contribution in [0.5, 0.6) is 0 Å². The third-order valence-corrected chi connectivity index (χ3v) is 9.17. The maximum atomic E-state index is 13.7. The molecule has 41 heavy (non-hydrogen) atoms. The van der Waals surface area contributed by atoms with Crippen molar-refractivity contribution in [3.8, 4) is 0 Å². The van der Waals surface area contributed by atoms with Crippen LogP contribution in [0, 0.1) is 19.8 Å². The van der Waals surface area contributed by atoms with Crippen LogP contribution in [0.25, 0.3) is 5.57 Å². The van der Waals surface area contributed by atoms with Crippen LogP contribution in [0.4, 0.5) is 0 Å². The molecule has 1 unspecified atom stereocenters. The molecule has 0 aliphatic heterocycles. The standard InChI is InChI=1S/C36H44ClN3O/c1-25-21-26(2)38-24-33(25)32-11-7-8-12-34(32)39-22-27-13-17-30(18-14-27)35(29-9-5-3-4-6-10-29)36(41)40-23-28-15-19-31(37)20-16-28/h13-21,24,29,35,39H,3-12,22-23H2,1-2H3,(H,40,41). The number of carbonyl (C=O) groups is 1. The zero-order valence-corrected chi connectivity index (χ0v) is 25.4. The highest BCUT2D eigenvalue weighted by Crippen LogP contribution is 2.36. The molecule has 1 atom stereocenters. The van der Waals surface area contributed by atoms with Gasteiger partial charge in [-0.05, 0) is 104 Å². The maximum Gasteiger partial charge on any atom is 0.228 e. The third kappa shape index (κ3) is 7.80. The molecule has 3 aromatic rings. The molecule has 0 bridgehead atoms. The minimum Gasteiger partial charge on any atom is -0.384 e. The zero-order chi connectivity index (χ0) is 28.6. The first-order valence-electron chi connectivity index (χ1n) is 15.5. The summed E-state index contributed by atoms with van der Waals surface area (Å²) >= 11 is 6.05. The van der Waals surface area contributed by atoms with Gasteiger partial charge < -0.3 is 10.6 Å². The van der Waals surface area contributed by atoms with Crippen molar-refractivity contribution in [3.05, 3.63) is 105 Å². The van der Waals surface area contributed by atoms with Gasteiger partial charge in [0.25, 0.3) is 0 Å². The second-order valence-electron chi connectivity index (χ2n) is 12.0. The normalized spacial score (nSPS) is 17.1. The van der Waals surface area contributed by atoms with E-state index in [0.717, 1.165) is 49.0 Å². The largest absolute Gasteiger partial charge is 0.384 e. The van der Waals surface area contributed by atoms with E-state index in [9.17, 15) is 4.79 Å². The van der Waals surface area contributed by atoms with Crippen LogP contribution in [0.1, 0.15) is 104 Å². The first-order chi connectivity index (χ1) is 20.0. The number of benzene rings is 2. The molecule has 216 valence electrons. The van der Waals surface area contributed by atoms with Gasteiger partial charge in [0.1, 0.15) is 0 Å². The molecule has 0 saturated heterocycles. The van der Waals surface area contributed by atoms with Gasteiger partial charge in [-0.2, -0.15) is 0 Å². The van der Waals surface area contributed by atoms with Crippen molar-refractivity contribution < 1.29 is 4.79 Å². The third-order valence-electron chi connectivity index (χ3n) is 8.92. The first kappa shape index (κ1) is 29.4. The fourth-order valence-electron chi connectivity index (χ4n) is 6.64. The molecule has 2 aromatic carbocycles. The molecular weight excluding hydrogens is 526 g/mol. The number of hydrogen-bond donors (Lipinski definition) is 2. The Morgan fingerprint density at radius 1 is 0.878 bits per heavy atom. The van der Waals surface area contributed by atoms with Crippen LogP contribution in [-0.4, -0.2) is 10.9 Å². The van der Waals surface area contributed by atoms with Crippen LogP contribution in [-0.2, 0) is 17.9 Å². The summed E-state index contributed by atoms with van der Waals surface area (Å²) < 4.78 is 0. The second-order valence-corrected chi connectivity index (χ2v) is 12.4. The number of amides is 1. The fourth-order valence-corrected chi connectivity index (χ4v) is 6.77. The highest BCUT2D eigenvalue weighted by Gasteiger charge is 2.30. The monoisotopic (exact) mass is 569 g/mol. The van der Waals surface area contributed by atoms with E-state index in [0.29, 0.717) is 17.5 Å². The van der Waals surface area contributed by atoms with Crippen molar-refractivity contribution in [2.24, 2.45) is 5.92 Å². The van der Waals surface area contributed by atoms with Crippen molar-refractivity contribution in [1.82, 2.24) is 15.6 Å². The summed E-state index contributed by atoms with van der Waals surface area (Å²) in [6.45, 7) is 5.56.